The summed E-state index contributed by atoms with van der Waals surface area (Å²) in [6.45, 7) is 3.31. The van der Waals surface area contributed by atoms with Crippen LogP contribution in [0.4, 0.5) is 0 Å². The minimum absolute atomic E-state index is 0.213. The summed E-state index contributed by atoms with van der Waals surface area (Å²) < 4.78 is 12.7. The van der Waals surface area contributed by atoms with Gasteiger partial charge in [0.25, 0.3) is 5.89 Å². The molecule has 0 spiro atoms. The zero-order valence-electron chi connectivity index (χ0n) is 11.4. The van der Waals surface area contributed by atoms with Crippen molar-refractivity contribution in [3.8, 4) is 11.6 Å². The number of hydrogen-bond donors (Lipinski definition) is 0. The fourth-order valence-electron chi connectivity index (χ4n) is 2.63. The average Bonchev–Trinajstić information content (AvgIpc) is 3.15. The molecule has 1 saturated heterocycles. The lowest BCUT2D eigenvalue weighted by molar-refractivity contribution is 0.192. The van der Waals surface area contributed by atoms with E-state index in [1.165, 1.54) is 0 Å². The Morgan fingerprint density at radius 2 is 2.24 bits per heavy atom. The molecule has 0 N–H and O–H groups in total. The molecule has 21 heavy (non-hydrogen) atoms. The normalized spacial score (nSPS) is 18.7. The summed E-state index contributed by atoms with van der Waals surface area (Å²) in [5.74, 6) is 1.37. The van der Waals surface area contributed by atoms with Crippen LogP contribution in [0.15, 0.2) is 22.9 Å². The summed E-state index contributed by atoms with van der Waals surface area (Å²) in [6, 6.07) is 3.67. The molecular weight excluding hydrogens is 292 g/mol. The molecule has 0 radical (unpaired) electrons. The molecule has 4 rings (SSSR count). The molecule has 3 aromatic rings. The Morgan fingerprint density at radius 3 is 3.05 bits per heavy atom. The van der Waals surface area contributed by atoms with Crippen LogP contribution < -0.4 is 0 Å². The van der Waals surface area contributed by atoms with Crippen molar-refractivity contribution in [3.63, 3.8) is 0 Å². The standard InChI is InChI=1S/C14H13ClN4O2/c1-8-12(19-6-10(15)2-3-11(19)16-8)14-17-13(18-21-14)9-4-5-20-7-9/h2-3,6,9H,4-5,7H2,1H3/t9-/m0/s1. The molecule has 1 atom stereocenters. The Labute approximate surface area is 125 Å². The van der Waals surface area contributed by atoms with Crippen molar-refractivity contribution in [1.29, 1.82) is 0 Å². The first-order valence-electron chi connectivity index (χ1n) is 6.78. The predicted molar refractivity (Wildman–Crippen MR) is 76.4 cm³/mol. The third-order valence-corrected chi connectivity index (χ3v) is 3.92. The Hall–Kier alpha value is -1.92. The quantitative estimate of drug-likeness (QED) is 0.728. The van der Waals surface area contributed by atoms with E-state index in [2.05, 4.69) is 15.1 Å². The average molecular weight is 305 g/mol. The molecule has 1 aliphatic rings. The molecule has 0 aliphatic carbocycles. The maximum atomic E-state index is 6.06. The van der Waals surface area contributed by atoms with Gasteiger partial charge in [-0.3, -0.25) is 4.40 Å². The summed E-state index contributed by atoms with van der Waals surface area (Å²) >= 11 is 6.06. The van der Waals surface area contributed by atoms with Gasteiger partial charge in [0.15, 0.2) is 5.82 Å². The minimum Gasteiger partial charge on any atom is -0.381 e. The molecule has 1 fully saturated rings. The van der Waals surface area contributed by atoms with Crippen molar-refractivity contribution >= 4 is 17.2 Å². The van der Waals surface area contributed by atoms with Crippen LogP contribution in [0.3, 0.4) is 0 Å². The Kier molecular flexibility index (Phi) is 2.94. The summed E-state index contributed by atoms with van der Waals surface area (Å²) in [4.78, 5) is 9.00. The number of ether oxygens (including phenoxy) is 1. The van der Waals surface area contributed by atoms with E-state index in [1.807, 2.05) is 23.5 Å². The molecule has 3 aromatic heterocycles. The van der Waals surface area contributed by atoms with Crippen LogP contribution in [0.2, 0.25) is 5.02 Å². The van der Waals surface area contributed by atoms with Gasteiger partial charge in [-0.05, 0) is 25.5 Å². The summed E-state index contributed by atoms with van der Waals surface area (Å²) in [5.41, 5.74) is 2.41. The number of aromatic nitrogens is 4. The van der Waals surface area contributed by atoms with E-state index in [4.69, 9.17) is 20.9 Å². The number of fused-ring (bicyclic) bond motifs is 1. The number of rotatable bonds is 2. The second-order valence-electron chi connectivity index (χ2n) is 5.14. The minimum atomic E-state index is 0.213. The van der Waals surface area contributed by atoms with Gasteiger partial charge in [-0.25, -0.2) is 4.98 Å². The molecular formula is C14H13ClN4O2. The second kappa shape index (κ2) is 4.82. The number of pyridine rings is 1. The van der Waals surface area contributed by atoms with Gasteiger partial charge in [0, 0.05) is 18.7 Å². The first-order chi connectivity index (χ1) is 10.2. The summed E-state index contributed by atoms with van der Waals surface area (Å²) in [6.07, 6.45) is 2.73. The fourth-order valence-corrected chi connectivity index (χ4v) is 2.79. The highest BCUT2D eigenvalue weighted by atomic mass is 35.5. The largest absolute Gasteiger partial charge is 0.381 e. The van der Waals surface area contributed by atoms with Crippen molar-refractivity contribution in [3.05, 3.63) is 34.9 Å². The lowest BCUT2D eigenvalue weighted by Crippen LogP contribution is -1.99. The number of imidazole rings is 1. The molecule has 0 bridgehead atoms. The summed E-state index contributed by atoms with van der Waals surface area (Å²) in [5, 5.41) is 4.71. The van der Waals surface area contributed by atoms with E-state index in [0.29, 0.717) is 23.3 Å². The lowest BCUT2D eigenvalue weighted by Gasteiger charge is -1.99. The van der Waals surface area contributed by atoms with E-state index < -0.39 is 0 Å². The molecule has 4 heterocycles. The van der Waals surface area contributed by atoms with Gasteiger partial charge >= 0.3 is 0 Å². The molecule has 6 nitrogen and oxygen atoms in total. The highest BCUT2D eigenvalue weighted by Crippen LogP contribution is 2.28. The monoisotopic (exact) mass is 304 g/mol. The van der Waals surface area contributed by atoms with Crippen LogP contribution >= 0.6 is 11.6 Å². The van der Waals surface area contributed by atoms with Crippen molar-refractivity contribution in [2.75, 3.05) is 13.2 Å². The van der Waals surface area contributed by atoms with Gasteiger partial charge in [0.05, 0.1) is 17.3 Å². The maximum absolute atomic E-state index is 6.06. The van der Waals surface area contributed by atoms with Gasteiger partial charge in [-0.15, -0.1) is 0 Å². The number of aryl methyl sites for hydroxylation is 1. The zero-order chi connectivity index (χ0) is 14.4. The molecule has 0 unspecified atom stereocenters. The number of nitrogens with zero attached hydrogens (tertiary/aromatic N) is 4. The second-order valence-corrected chi connectivity index (χ2v) is 5.58. The number of halogens is 1. The molecule has 0 amide bonds. The van der Waals surface area contributed by atoms with Crippen molar-refractivity contribution in [2.45, 2.75) is 19.3 Å². The van der Waals surface area contributed by atoms with Crippen LogP contribution in [0.5, 0.6) is 0 Å². The van der Waals surface area contributed by atoms with Gasteiger partial charge in [-0.2, -0.15) is 4.98 Å². The molecule has 0 aromatic carbocycles. The zero-order valence-corrected chi connectivity index (χ0v) is 12.2. The van der Waals surface area contributed by atoms with Crippen LogP contribution in [0.1, 0.15) is 23.9 Å². The predicted octanol–water partition coefficient (Wildman–Crippen LogP) is 2.85. The smallest absolute Gasteiger partial charge is 0.276 e. The van der Waals surface area contributed by atoms with Crippen molar-refractivity contribution in [1.82, 2.24) is 19.5 Å². The topological polar surface area (TPSA) is 65.5 Å². The van der Waals surface area contributed by atoms with Gasteiger partial charge in [-0.1, -0.05) is 16.8 Å². The maximum Gasteiger partial charge on any atom is 0.276 e. The highest BCUT2D eigenvalue weighted by molar-refractivity contribution is 6.30. The van der Waals surface area contributed by atoms with Crippen molar-refractivity contribution in [2.24, 2.45) is 0 Å². The van der Waals surface area contributed by atoms with E-state index in [1.54, 1.807) is 6.20 Å². The Bertz CT molecular complexity index is 805. The van der Waals surface area contributed by atoms with Crippen molar-refractivity contribution < 1.29 is 9.26 Å². The summed E-state index contributed by atoms with van der Waals surface area (Å²) in [7, 11) is 0. The van der Waals surface area contributed by atoms with Crippen LogP contribution in [-0.4, -0.2) is 32.7 Å². The van der Waals surface area contributed by atoms with Gasteiger partial charge in [0.1, 0.15) is 11.3 Å². The lowest BCUT2D eigenvalue weighted by atomic mass is 10.1. The van der Waals surface area contributed by atoms with Crippen LogP contribution in [0, 0.1) is 6.92 Å². The van der Waals surface area contributed by atoms with Crippen LogP contribution in [-0.2, 0) is 4.74 Å². The molecule has 1 aliphatic heterocycles. The Balaban J connectivity index is 1.82. The Morgan fingerprint density at radius 1 is 1.33 bits per heavy atom. The third kappa shape index (κ3) is 2.11. The third-order valence-electron chi connectivity index (χ3n) is 3.70. The van der Waals surface area contributed by atoms with Crippen LogP contribution in [0.25, 0.3) is 17.2 Å². The first-order valence-corrected chi connectivity index (χ1v) is 7.16. The van der Waals surface area contributed by atoms with E-state index in [9.17, 15) is 0 Å². The molecule has 108 valence electrons. The first kappa shape index (κ1) is 12.8. The number of hydrogen-bond acceptors (Lipinski definition) is 5. The molecule has 7 heteroatoms. The SMILES string of the molecule is Cc1nc2ccc(Cl)cn2c1-c1nc([C@H]2CCOC2)no1. The van der Waals surface area contributed by atoms with Gasteiger partial charge in [0.2, 0.25) is 0 Å². The van der Waals surface area contributed by atoms with Gasteiger partial charge < -0.3 is 9.26 Å². The van der Waals surface area contributed by atoms with E-state index in [-0.39, 0.29) is 5.92 Å². The molecule has 0 saturated carbocycles. The van der Waals surface area contributed by atoms with E-state index >= 15 is 0 Å². The van der Waals surface area contributed by atoms with E-state index in [0.717, 1.165) is 30.1 Å². The fraction of sp³-hybridized carbons (Fsp3) is 0.357. The highest BCUT2D eigenvalue weighted by Gasteiger charge is 2.25.